The monoisotopic (exact) mass is 352 g/mol. The van der Waals surface area contributed by atoms with Crippen molar-refractivity contribution < 1.29 is 9.59 Å². The molecule has 0 unspecified atom stereocenters. The number of amides is 2. The zero-order chi connectivity index (χ0) is 16.7. The lowest BCUT2D eigenvalue weighted by molar-refractivity contribution is -0.115. The molecular formula is C17H24N2O2S2. The van der Waals surface area contributed by atoms with Crippen molar-refractivity contribution in [2.24, 2.45) is 5.73 Å². The fourth-order valence-electron chi connectivity index (χ4n) is 2.66. The average molecular weight is 353 g/mol. The van der Waals surface area contributed by atoms with Gasteiger partial charge in [0.25, 0.3) is 0 Å². The molecule has 2 amide bonds. The van der Waals surface area contributed by atoms with Crippen molar-refractivity contribution >= 4 is 41.0 Å². The predicted molar refractivity (Wildman–Crippen MR) is 99.1 cm³/mol. The van der Waals surface area contributed by atoms with E-state index in [1.54, 1.807) is 0 Å². The number of primary amides is 1. The average Bonchev–Trinajstić information content (AvgIpc) is 2.51. The summed E-state index contributed by atoms with van der Waals surface area (Å²) >= 11 is 3.19. The Kier molecular flexibility index (Phi) is 7.30. The Morgan fingerprint density at radius 1 is 1.22 bits per heavy atom. The second kappa shape index (κ2) is 9.23. The molecule has 0 aromatic heterocycles. The number of anilines is 1. The number of nitrogens with two attached hydrogens (primary N) is 1. The first-order valence-electron chi connectivity index (χ1n) is 7.98. The van der Waals surface area contributed by atoms with Crippen molar-refractivity contribution in [2.45, 2.75) is 49.2 Å². The minimum atomic E-state index is -0.400. The summed E-state index contributed by atoms with van der Waals surface area (Å²) in [4.78, 5) is 23.8. The molecule has 0 spiro atoms. The molecule has 0 aliphatic heterocycles. The Balaban J connectivity index is 1.85. The molecular weight excluding hydrogens is 328 g/mol. The lowest BCUT2D eigenvalue weighted by atomic mass is 10.0. The fourth-order valence-corrected chi connectivity index (χ4v) is 4.56. The summed E-state index contributed by atoms with van der Waals surface area (Å²) in [5, 5.41) is 3.62. The molecule has 0 bridgehead atoms. The first-order chi connectivity index (χ1) is 11.0. The highest BCUT2D eigenvalue weighted by molar-refractivity contribution is 8.00. The Morgan fingerprint density at radius 3 is 2.61 bits per heavy atom. The van der Waals surface area contributed by atoms with Crippen molar-refractivity contribution in [3.63, 3.8) is 0 Å². The standard InChI is InChI=1S/C17H24N2O2S2/c1-12-9-14(23-13-5-3-2-4-6-13)7-8-15(12)19-17(21)11-22-10-16(18)20/h7-9,13H,2-6,10-11H2,1H3,(H2,18,20)(H,19,21). The number of hydrogen-bond donors (Lipinski definition) is 2. The van der Waals surface area contributed by atoms with Gasteiger partial charge in [0.15, 0.2) is 0 Å². The van der Waals surface area contributed by atoms with E-state index < -0.39 is 5.91 Å². The van der Waals surface area contributed by atoms with Gasteiger partial charge in [0.2, 0.25) is 11.8 Å². The van der Waals surface area contributed by atoms with Crippen LogP contribution in [0.2, 0.25) is 0 Å². The van der Waals surface area contributed by atoms with Crippen LogP contribution in [0.15, 0.2) is 23.1 Å². The van der Waals surface area contributed by atoms with Crippen molar-refractivity contribution in [3.8, 4) is 0 Å². The van der Waals surface area contributed by atoms with Crippen LogP contribution in [0.3, 0.4) is 0 Å². The lowest BCUT2D eigenvalue weighted by Crippen LogP contribution is -2.18. The minimum Gasteiger partial charge on any atom is -0.369 e. The number of nitrogens with one attached hydrogen (secondary N) is 1. The summed E-state index contributed by atoms with van der Waals surface area (Å²) in [6, 6.07) is 6.20. The van der Waals surface area contributed by atoms with Gasteiger partial charge in [0, 0.05) is 15.8 Å². The Bertz CT molecular complexity index is 558. The molecule has 126 valence electrons. The minimum absolute atomic E-state index is 0.105. The number of benzene rings is 1. The normalized spacial score (nSPS) is 15.3. The zero-order valence-corrected chi connectivity index (χ0v) is 15.1. The van der Waals surface area contributed by atoms with Crippen LogP contribution in [0, 0.1) is 6.92 Å². The molecule has 1 saturated carbocycles. The largest absolute Gasteiger partial charge is 0.369 e. The van der Waals surface area contributed by atoms with Gasteiger partial charge in [-0.2, -0.15) is 0 Å². The molecule has 0 saturated heterocycles. The lowest BCUT2D eigenvalue weighted by Gasteiger charge is -2.21. The first kappa shape index (κ1) is 18.2. The van der Waals surface area contributed by atoms with Crippen LogP contribution in [0.4, 0.5) is 5.69 Å². The molecule has 23 heavy (non-hydrogen) atoms. The Morgan fingerprint density at radius 2 is 1.96 bits per heavy atom. The maximum atomic E-state index is 11.9. The quantitative estimate of drug-likeness (QED) is 0.787. The SMILES string of the molecule is Cc1cc(SC2CCCCC2)ccc1NC(=O)CSCC(N)=O. The van der Waals surface area contributed by atoms with Gasteiger partial charge in [-0.1, -0.05) is 19.3 Å². The fraction of sp³-hybridized carbons (Fsp3) is 0.529. The van der Waals surface area contributed by atoms with Crippen LogP contribution in [0.5, 0.6) is 0 Å². The van der Waals surface area contributed by atoms with Crippen LogP contribution in [0.1, 0.15) is 37.7 Å². The van der Waals surface area contributed by atoms with Gasteiger partial charge in [-0.25, -0.2) is 0 Å². The van der Waals surface area contributed by atoms with E-state index in [0.29, 0.717) is 0 Å². The van der Waals surface area contributed by atoms with Gasteiger partial charge in [-0.05, 0) is 43.5 Å². The van der Waals surface area contributed by atoms with Crippen molar-refractivity contribution in [3.05, 3.63) is 23.8 Å². The van der Waals surface area contributed by atoms with E-state index in [4.69, 9.17) is 5.73 Å². The topological polar surface area (TPSA) is 72.2 Å². The first-order valence-corrected chi connectivity index (χ1v) is 10.0. The second-order valence-corrected chi connectivity index (χ2v) is 8.22. The van der Waals surface area contributed by atoms with E-state index in [2.05, 4.69) is 17.4 Å². The van der Waals surface area contributed by atoms with Crippen molar-refractivity contribution in [2.75, 3.05) is 16.8 Å². The molecule has 0 atom stereocenters. The van der Waals surface area contributed by atoms with Crippen LogP contribution in [-0.2, 0) is 9.59 Å². The molecule has 3 N–H and O–H groups in total. The number of rotatable bonds is 7. The molecule has 1 aliphatic carbocycles. The van der Waals surface area contributed by atoms with Crippen LogP contribution in [-0.4, -0.2) is 28.6 Å². The highest BCUT2D eigenvalue weighted by Gasteiger charge is 2.15. The van der Waals surface area contributed by atoms with Gasteiger partial charge < -0.3 is 11.1 Å². The molecule has 2 rings (SSSR count). The smallest absolute Gasteiger partial charge is 0.234 e. The summed E-state index contributed by atoms with van der Waals surface area (Å²) in [6.45, 7) is 2.01. The summed E-state index contributed by atoms with van der Waals surface area (Å²) in [5.41, 5.74) is 6.96. The number of carbonyl (C=O) groups excluding carboxylic acids is 2. The van der Waals surface area contributed by atoms with Crippen LogP contribution in [0.25, 0.3) is 0 Å². The molecule has 1 fully saturated rings. The highest BCUT2D eigenvalue weighted by Crippen LogP contribution is 2.34. The van der Waals surface area contributed by atoms with Gasteiger partial charge in [0.1, 0.15) is 0 Å². The van der Waals surface area contributed by atoms with Gasteiger partial charge in [0.05, 0.1) is 11.5 Å². The molecule has 1 aromatic rings. The van der Waals surface area contributed by atoms with Gasteiger partial charge >= 0.3 is 0 Å². The molecule has 4 nitrogen and oxygen atoms in total. The Labute approximate surface area is 146 Å². The summed E-state index contributed by atoms with van der Waals surface area (Å²) in [7, 11) is 0. The van der Waals surface area contributed by atoms with E-state index in [9.17, 15) is 9.59 Å². The van der Waals surface area contributed by atoms with Crippen LogP contribution >= 0.6 is 23.5 Å². The van der Waals surface area contributed by atoms with Crippen LogP contribution < -0.4 is 11.1 Å². The maximum Gasteiger partial charge on any atom is 0.234 e. The van der Waals surface area contributed by atoms with Crippen molar-refractivity contribution in [1.29, 1.82) is 0 Å². The van der Waals surface area contributed by atoms with E-state index in [1.165, 1.54) is 48.8 Å². The molecule has 1 aromatic carbocycles. The summed E-state index contributed by atoms with van der Waals surface area (Å²) < 4.78 is 0. The molecule has 0 radical (unpaired) electrons. The Hall–Kier alpha value is -1.14. The van der Waals surface area contributed by atoms with E-state index in [1.807, 2.05) is 24.8 Å². The van der Waals surface area contributed by atoms with E-state index in [-0.39, 0.29) is 17.4 Å². The summed E-state index contributed by atoms with van der Waals surface area (Å²) in [5.74, 6) is -0.0975. The van der Waals surface area contributed by atoms with E-state index in [0.717, 1.165) is 16.5 Å². The number of carbonyl (C=O) groups is 2. The predicted octanol–water partition coefficient (Wildman–Crippen LogP) is 3.58. The molecule has 1 aliphatic rings. The number of aryl methyl sites for hydroxylation is 1. The molecule has 6 heteroatoms. The second-order valence-electron chi connectivity index (χ2n) is 5.86. The number of thioether (sulfide) groups is 2. The van der Waals surface area contributed by atoms with E-state index >= 15 is 0 Å². The summed E-state index contributed by atoms with van der Waals surface area (Å²) in [6.07, 6.45) is 6.66. The third-order valence-corrected chi connectivity index (χ3v) is 6.09. The third kappa shape index (κ3) is 6.47. The van der Waals surface area contributed by atoms with Gasteiger partial charge in [-0.15, -0.1) is 23.5 Å². The third-order valence-electron chi connectivity index (χ3n) is 3.80. The zero-order valence-electron chi connectivity index (χ0n) is 13.5. The van der Waals surface area contributed by atoms with Gasteiger partial charge in [-0.3, -0.25) is 9.59 Å². The number of hydrogen-bond acceptors (Lipinski definition) is 4. The maximum absolute atomic E-state index is 11.9. The molecule has 0 heterocycles. The highest BCUT2D eigenvalue weighted by atomic mass is 32.2. The van der Waals surface area contributed by atoms with Crippen molar-refractivity contribution in [1.82, 2.24) is 0 Å².